The number of hydrogen-bond acceptors (Lipinski definition) is 5. The average molecular weight is 304 g/mol. The maximum Gasteiger partial charge on any atom is 0.255 e. The molecule has 2 amide bonds. The predicted octanol–water partition coefficient (Wildman–Crippen LogP) is 0.0574. The van der Waals surface area contributed by atoms with Crippen LogP contribution in [-0.4, -0.2) is 53.2 Å². The van der Waals surface area contributed by atoms with E-state index in [9.17, 15) is 9.59 Å². The summed E-state index contributed by atoms with van der Waals surface area (Å²) in [5, 5.41) is 7.95. The van der Waals surface area contributed by atoms with E-state index in [-0.39, 0.29) is 17.7 Å². The van der Waals surface area contributed by atoms with Crippen molar-refractivity contribution >= 4 is 11.8 Å². The number of rotatable bonds is 2. The zero-order valence-corrected chi connectivity index (χ0v) is 12.8. The van der Waals surface area contributed by atoms with Gasteiger partial charge in [-0.15, -0.1) is 0 Å². The molecule has 2 atom stereocenters. The SMILES string of the molecule is Cc1cc(C(=O)N2C[C@@H]3COCC[C@]3(C(N)=O)C2)c(C)nn1. The van der Waals surface area contributed by atoms with E-state index >= 15 is 0 Å². The lowest BCUT2D eigenvalue weighted by molar-refractivity contribution is -0.135. The molecule has 118 valence electrons. The minimum atomic E-state index is -0.655. The number of hydrogen-bond donors (Lipinski definition) is 1. The Morgan fingerprint density at radius 2 is 2.18 bits per heavy atom. The van der Waals surface area contributed by atoms with Gasteiger partial charge < -0.3 is 15.4 Å². The summed E-state index contributed by atoms with van der Waals surface area (Å²) in [5.41, 5.74) is 6.81. The summed E-state index contributed by atoms with van der Waals surface area (Å²) in [6, 6.07) is 1.74. The lowest BCUT2D eigenvalue weighted by atomic mass is 9.74. The summed E-state index contributed by atoms with van der Waals surface area (Å²) >= 11 is 0. The van der Waals surface area contributed by atoms with E-state index in [1.165, 1.54) is 0 Å². The van der Waals surface area contributed by atoms with Crippen LogP contribution in [-0.2, 0) is 9.53 Å². The highest BCUT2D eigenvalue weighted by molar-refractivity contribution is 5.96. The summed E-state index contributed by atoms with van der Waals surface area (Å²) in [6.07, 6.45) is 0.573. The molecule has 0 unspecified atom stereocenters. The molecular weight excluding hydrogens is 284 g/mol. The first-order valence-electron chi connectivity index (χ1n) is 7.42. The number of fused-ring (bicyclic) bond motifs is 1. The number of aromatic nitrogens is 2. The number of carbonyl (C=O) groups excluding carboxylic acids is 2. The van der Waals surface area contributed by atoms with E-state index in [2.05, 4.69) is 10.2 Å². The van der Waals surface area contributed by atoms with Crippen molar-refractivity contribution in [1.29, 1.82) is 0 Å². The molecule has 2 saturated heterocycles. The van der Waals surface area contributed by atoms with Crippen molar-refractivity contribution in [1.82, 2.24) is 15.1 Å². The number of aryl methyl sites for hydroxylation is 2. The number of amides is 2. The number of nitrogens with zero attached hydrogens (tertiary/aromatic N) is 3. The molecule has 0 bridgehead atoms. The second kappa shape index (κ2) is 5.31. The molecular formula is C15H20N4O3. The molecule has 0 aliphatic carbocycles. The van der Waals surface area contributed by atoms with Crippen LogP contribution in [0.4, 0.5) is 0 Å². The molecule has 1 aromatic heterocycles. The average Bonchev–Trinajstić information content (AvgIpc) is 2.90. The van der Waals surface area contributed by atoms with Crippen molar-refractivity contribution < 1.29 is 14.3 Å². The van der Waals surface area contributed by atoms with E-state index in [1.807, 2.05) is 0 Å². The van der Waals surface area contributed by atoms with Crippen LogP contribution in [0.3, 0.4) is 0 Å². The first-order valence-corrected chi connectivity index (χ1v) is 7.42. The second-order valence-corrected chi connectivity index (χ2v) is 6.21. The van der Waals surface area contributed by atoms with Gasteiger partial charge in [-0.2, -0.15) is 10.2 Å². The summed E-state index contributed by atoms with van der Waals surface area (Å²) in [4.78, 5) is 26.5. The minimum Gasteiger partial charge on any atom is -0.381 e. The van der Waals surface area contributed by atoms with Crippen LogP contribution in [0.2, 0.25) is 0 Å². The van der Waals surface area contributed by atoms with Crippen LogP contribution < -0.4 is 5.73 Å². The van der Waals surface area contributed by atoms with Crippen molar-refractivity contribution in [2.45, 2.75) is 20.3 Å². The maximum absolute atomic E-state index is 12.8. The maximum atomic E-state index is 12.8. The number of primary amides is 1. The van der Waals surface area contributed by atoms with Crippen LogP contribution in [0.25, 0.3) is 0 Å². The standard InChI is InChI=1S/C15H20N4O3/c1-9-5-12(10(2)18-17-9)13(20)19-6-11-7-22-4-3-15(11,8-19)14(16)21/h5,11H,3-4,6-8H2,1-2H3,(H2,16,21)/t11-,15+/m1/s1. The Labute approximate surface area is 128 Å². The molecule has 2 aliphatic heterocycles. The second-order valence-electron chi connectivity index (χ2n) is 6.21. The van der Waals surface area contributed by atoms with E-state index in [4.69, 9.17) is 10.5 Å². The Bertz CT molecular complexity index is 633. The van der Waals surface area contributed by atoms with Crippen LogP contribution >= 0.6 is 0 Å². The molecule has 0 saturated carbocycles. The van der Waals surface area contributed by atoms with Gasteiger partial charge in [0, 0.05) is 25.6 Å². The molecule has 22 heavy (non-hydrogen) atoms. The highest BCUT2D eigenvalue weighted by atomic mass is 16.5. The van der Waals surface area contributed by atoms with Gasteiger partial charge >= 0.3 is 0 Å². The molecule has 1 aromatic rings. The first-order chi connectivity index (χ1) is 10.4. The van der Waals surface area contributed by atoms with Crippen molar-refractivity contribution in [3.05, 3.63) is 23.0 Å². The van der Waals surface area contributed by atoms with Gasteiger partial charge in [-0.3, -0.25) is 9.59 Å². The normalized spacial score (nSPS) is 27.5. The number of carbonyl (C=O) groups is 2. The van der Waals surface area contributed by atoms with Crippen LogP contribution in [0.1, 0.15) is 28.2 Å². The largest absolute Gasteiger partial charge is 0.381 e. The Balaban J connectivity index is 1.89. The fraction of sp³-hybridized carbons (Fsp3) is 0.600. The summed E-state index contributed by atoms with van der Waals surface area (Å²) in [7, 11) is 0. The minimum absolute atomic E-state index is 0.0288. The molecule has 0 spiro atoms. The fourth-order valence-corrected chi connectivity index (χ4v) is 3.44. The smallest absolute Gasteiger partial charge is 0.255 e. The molecule has 0 aromatic carbocycles. The highest BCUT2D eigenvalue weighted by Gasteiger charge is 2.53. The molecule has 7 heteroatoms. The third-order valence-electron chi connectivity index (χ3n) is 4.82. The fourth-order valence-electron chi connectivity index (χ4n) is 3.44. The van der Waals surface area contributed by atoms with Gasteiger partial charge in [-0.1, -0.05) is 0 Å². The molecule has 2 N–H and O–H groups in total. The van der Waals surface area contributed by atoms with Crippen LogP contribution in [0, 0.1) is 25.2 Å². The van der Waals surface area contributed by atoms with Gasteiger partial charge in [0.1, 0.15) is 0 Å². The Morgan fingerprint density at radius 3 is 2.86 bits per heavy atom. The van der Waals surface area contributed by atoms with Gasteiger partial charge in [0.25, 0.3) is 5.91 Å². The number of nitrogens with two attached hydrogens (primary N) is 1. The monoisotopic (exact) mass is 304 g/mol. The summed E-state index contributed by atoms with van der Waals surface area (Å²) in [5.74, 6) is -0.485. The molecule has 3 heterocycles. The first kappa shape index (κ1) is 14.9. The van der Waals surface area contributed by atoms with Gasteiger partial charge in [-0.05, 0) is 26.3 Å². The molecule has 3 rings (SSSR count). The van der Waals surface area contributed by atoms with E-state index in [1.54, 1.807) is 24.8 Å². The van der Waals surface area contributed by atoms with Crippen molar-refractivity contribution in [2.24, 2.45) is 17.1 Å². The molecule has 2 fully saturated rings. The van der Waals surface area contributed by atoms with E-state index in [0.717, 1.165) is 0 Å². The number of likely N-dealkylation sites (tertiary alicyclic amines) is 1. The Hall–Kier alpha value is -2.02. The highest BCUT2D eigenvalue weighted by Crippen LogP contribution is 2.42. The summed E-state index contributed by atoms with van der Waals surface area (Å²) in [6.45, 7) is 5.38. The predicted molar refractivity (Wildman–Crippen MR) is 78.0 cm³/mol. The quantitative estimate of drug-likeness (QED) is 0.833. The zero-order chi connectivity index (χ0) is 15.9. The Morgan fingerprint density at radius 1 is 1.41 bits per heavy atom. The van der Waals surface area contributed by atoms with Crippen molar-refractivity contribution in [2.75, 3.05) is 26.3 Å². The van der Waals surface area contributed by atoms with Crippen molar-refractivity contribution in [3.63, 3.8) is 0 Å². The van der Waals surface area contributed by atoms with Gasteiger partial charge in [0.05, 0.1) is 29.0 Å². The third-order valence-corrected chi connectivity index (χ3v) is 4.82. The van der Waals surface area contributed by atoms with Gasteiger partial charge in [-0.25, -0.2) is 0 Å². The lowest BCUT2D eigenvalue weighted by Gasteiger charge is -2.34. The third kappa shape index (κ3) is 2.25. The zero-order valence-electron chi connectivity index (χ0n) is 12.8. The van der Waals surface area contributed by atoms with Gasteiger partial charge in [0.2, 0.25) is 5.91 Å². The van der Waals surface area contributed by atoms with Crippen molar-refractivity contribution in [3.8, 4) is 0 Å². The lowest BCUT2D eigenvalue weighted by Crippen LogP contribution is -2.48. The van der Waals surface area contributed by atoms with Gasteiger partial charge in [0.15, 0.2) is 0 Å². The van der Waals surface area contributed by atoms with Crippen LogP contribution in [0.5, 0.6) is 0 Å². The Kier molecular flexibility index (Phi) is 3.60. The van der Waals surface area contributed by atoms with E-state index < -0.39 is 5.41 Å². The topological polar surface area (TPSA) is 98.4 Å². The molecule has 7 nitrogen and oxygen atoms in total. The molecule has 2 aliphatic rings. The van der Waals surface area contributed by atoms with E-state index in [0.29, 0.717) is 49.7 Å². The summed E-state index contributed by atoms with van der Waals surface area (Å²) < 4.78 is 5.47. The van der Waals surface area contributed by atoms with Crippen LogP contribution in [0.15, 0.2) is 6.07 Å². The molecule has 0 radical (unpaired) electrons. The number of ether oxygens (including phenoxy) is 1.